The molecular formula is C32H26N2. The number of aliphatic imine (C=N–C) groups is 2. The third-order valence-electron chi connectivity index (χ3n) is 6.66. The van der Waals surface area contributed by atoms with Gasteiger partial charge >= 0.3 is 0 Å². The summed E-state index contributed by atoms with van der Waals surface area (Å²) in [5.74, 6) is 0. The summed E-state index contributed by atoms with van der Waals surface area (Å²) in [6.07, 6.45) is 6.15. The van der Waals surface area contributed by atoms with E-state index in [9.17, 15) is 0 Å². The lowest BCUT2D eigenvalue weighted by Crippen LogP contribution is -2.00. The van der Waals surface area contributed by atoms with Crippen molar-refractivity contribution in [3.63, 3.8) is 0 Å². The standard InChI is InChI=1S/C32H26N2/c1-21-3-11-27-19-31(33-29(27)17-21)25-13-7-23(8-14-25)5-6-24-9-15-26(16-10-24)32-20-28-12-4-22(2)18-30(28)34-32/h3-18H,19-20H2,1-2H3/b6-5-. The number of aryl methyl sites for hydroxylation is 2. The second-order valence-electron chi connectivity index (χ2n) is 9.31. The predicted molar refractivity (Wildman–Crippen MR) is 144 cm³/mol. The maximum absolute atomic E-state index is 4.85. The summed E-state index contributed by atoms with van der Waals surface area (Å²) >= 11 is 0. The van der Waals surface area contributed by atoms with Gasteiger partial charge in [0.2, 0.25) is 0 Å². The van der Waals surface area contributed by atoms with Crippen molar-refractivity contribution in [2.75, 3.05) is 0 Å². The minimum absolute atomic E-state index is 0.910. The quantitative estimate of drug-likeness (QED) is 0.290. The summed E-state index contributed by atoms with van der Waals surface area (Å²) in [4.78, 5) is 9.71. The Balaban J connectivity index is 1.13. The van der Waals surface area contributed by atoms with Gasteiger partial charge in [-0.15, -0.1) is 0 Å². The van der Waals surface area contributed by atoms with Gasteiger partial charge in [-0.2, -0.15) is 0 Å². The van der Waals surface area contributed by atoms with E-state index in [1.165, 1.54) is 44.5 Å². The summed E-state index contributed by atoms with van der Waals surface area (Å²) in [7, 11) is 0. The SMILES string of the molecule is Cc1ccc2c(c1)N=C(c1ccc(/C=C\c3ccc(C4=Nc5cc(C)ccc5C4)cc3)cc1)C2. The summed E-state index contributed by atoms with van der Waals surface area (Å²) in [5.41, 5.74) is 14.4. The van der Waals surface area contributed by atoms with Crippen LogP contribution in [0.3, 0.4) is 0 Å². The van der Waals surface area contributed by atoms with E-state index in [0.29, 0.717) is 0 Å². The molecule has 4 aromatic carbocycles. The molecule has 0 aromatic heterocycles. The molecular weight excluding hydrogens is 412 g/mol. The normalized spacial score (nSPS) is 14.2. The molecule has 6 rings (SSSR count). The molecule has 0 saturated carbocycles. The molecule has 0 aliphatic carbocycles. The van der Waals surface area contributed by atoms with Crippen molar-refractivity contribution < 1.29 is 0 Å². The Kier molecular flexibility index (Phi) is 5.07. The Morgan fingerprint density at radius 2 is 0.941 bits per heavy atom. The average Bonchev–Trinajstić information content (AvgIpc) is 3.47. The van der Waals surface area contributed by atoms with Gasteiger partial charge in [-0.1, -0.05) is 84.9 Å². The van der Waals surface area contributed by atoms with Crippen LogP contribution >= 0.6 is 0 Å². The van der Waals surface area contributed by atoms with Crippen LogP contribution < -0.4 is 0 Å². The lowest BCUT2D eigenvalue weighted by molar-refractivity contribution is 1.35. The van der Waals surface area contributed by atoms with Crippen LogP contribution in [0.1, 0.15) is 44.5 Å². The van der Waals surface area contributed by atoms with Crippen molar-refractivity contribution in [3.05, 3.63) is 129 Å². The number of hydrogen-bond acceptors (Lipinski definition) is 2. The molecule has 2 heterocycles. The molecule has 4 aromatic rings. The smallest absolute Gasteiger partial charge is 0.0671 e. The van der Waals surface area contributed by atoms with Gasteiger partial charge in [-0.25, -0.2) is 0 Å². The first-order valence-corrected chi connectivity index (χ1v) is 11.8. The first kappa shape index (κ1) is 20.6. The van der Waals surface area contributed by atoms with Crippen molar-refractivity contribution in [3.8, 4) is 0 Å². The van der Waals surface area contributed by atoms with Gasteiger partial charge in [0, 0.05) is 12.8 Å². The molecule has 0 atom stereocenters. The third-order valence-corrected chi connectivity index (χ3v) is 6.66. The largest absolute Gasteiger partial charge is 0.252 e. The summed E-state index contributed by atoms with van der Waals surface area (Å²) in [6, 6.07) is 30.5. The maximum atomic E-state index is 4.85. The zero-order chi connectivity index (χ0) is 23.1. The van der Waals surface area contributed by atoms with Crippen LogP contribution in [-0.4, -0.2) is 11.4 Å². The number of benzene rings is 4. The summed E-state index contributed by atoms with van der Waals surface area (Å²) in [6.45, 7) is 4.23. The Morgan fingerprint density at radius 1 is 0.529 bits per heavy atom. The number of rotatable bonds is 4. The molecule has 164 valence electrons. The van der Waals surface area contributed by atoms with Crippen LogP contribution in [0, 0.1) is 13.8 Å². The fraction of sp³-hybridized carbons (Fsp3) is 0.125. The molecule has 2 aliphatic heterocycles. The highest BCUT2D eigenvalue weighted by Gasteiger charge is 2.17. The van der Waals surface area contributed by atoms with Crippen molar-refractivity contribution in [1.82, 2.24) is 0 Å². The molecule has 2 heteroatoms. The van der Waals surface area contributed by atoms with E-state index in [1.54, 1.807) is 0 Å². The van der Waals surface area contributed by atoms with Crippen molar-refractivity contribution in [1.29, 1.82) is 0 Å². The van der Waals surface area contributed by atoms with Crippen LogP contribution in [0.25, 0.3) is 12.2 Å². The molecule has 0 unspecified atom stereocenters. The van der Waals surface area contributed by atoms with E-state index in [4.69, 9.17) is 9.98 Å². The Hall–Kier alpha value is -4.04. The van der Waals surface area contributed by atoms with Gasteiger partial charge in [-0.05, 0) is 70.5 Å². The number of nitrogens with zero attached hydrogens (tertiary/aromatic N) is 2. The van der Waals surface area contributed by atoms with Gasteiger partial charge in [0.1, 0.15) is 0 Å². The van der Waals surface area contributed by atoms with Gasteiger partial charge < -0.3 is 0 Å². The molecule has 0 bridgehead atoms. The second-order valence-corrected chi connectivity index (χ2v) is 9.31. The molecule has 0 fully saturated rings. The van der Waals surface area contributed by atoms with Gasteiger partial charge in [-0.3, -0.25) is 9.98 Å². The lowest BCUT2D eigenvalue weighted by atomic mass is 10.0. The minimum atomic E-state index is 0.910. The highest BCUT2D eigenvalue weighted by molar-refractivity contribution is 6.07. The predicted octanol–water partition coefficient (Wildman–Crippen LogP) is 7.83. The Morgan fingerprint density at radius 3 is 1.35 bits per heavy atom. The van der Waals surface area contributed by atoms with E-state index in [-0.39, 0.29) is 0 Å². The number of hydrogen-bond donors (Lipinski definition) is 0. The van der Waals surface area contributed by atoms with E-state index in [1.807, 2.05) is 0 Å². The summed E-state index contributed by atoms with van der Waals surface area (Å²) < 4.78 is 0. The monoisotopic (exact) mass is 438 g/mol. The molecule has 0 radical (unpaired) electrons. The first-order valence-electron chi connectivity index (χ1n) is 11.8. The minimum Gasteiger partial charge on any atom is -0.252 e. The van der Waals surface area contributed by atoms with Crippen LogP contribution in [-0.2, 0) is 12.8 Å². The first-order chi connectivity index (χ1) is 16.6. The Bertz CT molecular complexity index is 1370. The van der Waals surface area contributed by atoms with E-state index in [2.05, 4.69) is 111 Å². The van der Waals surface area contributed by atoms with Gasteiger partial charge in [0.05, 0.1) is 22.8 Å². The molecule has 0 N–H and O–H groups in total. The topological polar surface area (TPSA) is 24.7 Å². The molecule has 0 saturated heterocycles. The lowest BCUT2D eigenvalue weighted by Gasteiger charge is -2.03. The van der Waals surface area contributed by atoms with E-state index >= 15 is 0 Å². The Labute approximate surface area is 201 Å². The average molecular weight is 439 g/mol. The summed E-state index contributed by atoms with van der Waals surface area (Å²) in [5, 5.41) is 0. The highest BCUT2D eigenvalue weighted by atomic mass is 14.8. The van der Waals surface area contributed by atoms with Crippen LogP contribution in [0.2, 0.25) is 0 Å². The van der Waals surface area contributed by atoms with Crippen LogP contribution in [0.4, 0.5) is 11.4 Å². The highest BCUT2D eigenvalue weighted by Crippen LogP contribution is 2.31. The zero-order valence-corrected chi connectivity index (χ0v) is 19.5. The van der Waals surface area contributed by atoms with Crippen molar-refractivity contribution in [2.24, 2.45) is 9.98 Å². The number of fused-ring (bicyclic) bond motifs is 2. The molecule has 2 nitrogen and oxygen atoms in total. The molecule has 34 heavy (non-hydrogen) atoms. The second kappa shape index (κ2) is 8.39. The van der Waals surface area contributed by atoms with Gasteiger partial charge in [0.25, 0.3) is 0 Å². The van der Waals surface area contributed by atoms with Gasteiger partial charge in [0.15, 0.2) is 0 Å². The molecule has 0 spiro atoms. The third kappa shape index (κ3) is 4.04. The maximum Gasteiger partial charge on any atom is 0.0671 e. The molecule has 2 aliphatic rings. The fourth-order valence-corrected chi connectivity index (χ4v) is 4.68. The van der Waals surface area contributed by atoms with Crippen LogP contribution in [0.15, 0.2) is 94.9 Å². The zero-order valence-electron chi connectivity index (χ0n) is 19.5. The van der Waals surface area contributed by atoms with E-state index < -0.39 is 0 Å². The van der Waals surface area contributed by atoms with Crippen LogP contribution in [0.5, 0.6) is 0 Å². The van der Waals surface area contributed by atoms with Crippen molar-refractivity contribution >= 4 is 35.0 Å². The van der Waals surface area contributed by atoms with Crippen molar-refractivity contribution in [2.45, 2.75) is 26.7 Å². The molecule has 0 amide bonds. The fourth-order valence-electron chi connectivity index (χ4n) is 4.68. The van der Waals surface area contributed by atoms with E-state index in [0.717, 1.165) is 35.6 Å².